The highest BCUT2D eigenvalue weighted by atomic mass is 19.4. The van der Waals surface area contributed by atoms with Crippen LogP contribution in [0, 0.1) is 13.8 Å². The number of carbonyl (C=O) groups is 1. The number of aromatic hydroxyl groups is 1. The number of phenols is 1. The smallest absolute Gasteiger partial charge is 0.431 e. The van der Waals surface area contributed by atoms with E-state index >= 15 is 0 Å². The maximum absolute atomic E-state index is 13.5. The highest BCUT2D eigenvalue weighted by Crippen LogP contribution is 2.37. The Bertz CT molecular complexity index is 1220. The average Bonchev–Trinajstić information content (AvgIpc) is 2.90. The van der Waals surface area contributed by atoms with Gasteiger partial charge in [0.1, 0.15) is 22.8 Å². The largest absolute Gasteiger partial charge is 0.508 e. The Morgan fingerprint density at radius 1 is 1.24 bits per heavy atom. The quantitative estimate of drug-likeness (QED) is 0.618. The normalized spacial score (nSPS) is 11.9. The maximum Gasteiger partial charge on any atom is 0.431 e. The Balaban J connectivity index is 2.65. The number of hydrogen-bond donors (Lipinski definition) is 3. The molecule has 0 bridgehead atoms. The maximum atomic E-state index is 13.5. The third-order valence-electron chi connectivity index (χ3n) is 4.95. The van der Waals surface area contributed by atoms with Crippen LogP contribution in [0.4, 0.5) is 19.0 Å². The van der Waals surface area contributed by atoms with Gasteiger partial charge in [-0.3, -0.25) is 14.2 Å². The van der Waals surface area contributed by atoms with Gasteiger partial charge in [0.15, 0.2) is 0 Å². The third-order valence-corrected chi connectivity index (χ3v) is 4.95. The molecule has 1 amide bonds. The predicted molar refractivity (Wildman–Crippen MR) is 102 cm³/mol. The summed E-state index contributed by atoms with van der Waals surface area (Å²) < 4.78 is 42.4. The Morgan fingerprint density at radius 2 is 1.86 bits per heavy atom. The third kappa shape index (κ3) is 2.91. The van der Waals surface area contributed by atoms with Crippen molar-refractivity contribution in [2.75, 3.05) is 5.73 Å². The lowest BCUT2D eigenvalue weighted by molar-refractivity contribution is -0.144. The SMILES string of the molecule is CCn1c(C(F)(F)F)cc2c(C(N)=O)c(N)n(-c3c(C)ccc(O)c3C)c2c1=O. The van der Waals surface area contributed by atoms with Crippen LogP contribution in [-0.2, 0) is 12.7 Å². The van der Waals surface area contributed by atoms with Gasteiger partial charge in [0.05, 0.1) is 11.3 Å². The van der Waals surface area contributed by atoms with E-state index in [9.17, 15) is 27.9 Å². The molecule has 0 saturated carbocycles. The first kappa shape index (κ1) is 20.3. The molecule has 0 aliphatic rings. The number of amides is 1. The molecule has 0 spiro atoms. The van der Waals surface area contributed by atoms with Gasteiger partial charge in [-0.2, -0.15) is 13.2 Å². The molecular weight excluding hydrogens is 389 g/mol. The van der Waals surface area contributed by atoms with E-state index in [2.05, 4.69) is 0 Å². The summed E-state index contributed by atoms with van der Waals surface area (Å²) in [6, 6.07) is 3.72. The monoisotopic (exact) mass is 408 g/mol. The molecule has 2 aromatic heterocycles. The molecule has 0 aliphatic carbocycles. The van der Waals surface area contributed by atoms with E-state index in [-0.39, 0.29) is 34.6 Å². The minimum absolute atomic E-state index is 0.102. The molecular formula is C19H19F3N4O3. The van der Waals surface area contributed by atoms with E-state index in [0.29, 0.717) is 27.4 Å². The minimum atomic E-state index is -4.83. The second kappa shape index (κ2) is 6.57. The van der Waals surface area contributed by atoms with Crippen molar-refractivity contribution in [2.24, 2.45) is 5.73 Å². The number of benzene rings is 1. The van der Waals surface area contributed by atoms with Gasteiger partial charge in [-0.1, -0.05) is 6.07 Å². The number of aromatic nitrogens is 2. The van der Waals surface area contributed by atoms with E-state index in [0.717, 1.165) is 0 Å². The summed E-state index contributed by atoms with van der Waals surface area (Å²) in [5.41, 5.74) is 9.93. The zero-order valence-corrected chi connectivity index (χ0v) is 15.9. The van der Waals surface area contributed by atoms with Crippen LogP contribution in [0.5, 0.6) is 5.75 Å². The molecule has 0 unspecified atom stereocenters. The molecule has 5 N–H and O–H groups in total. The number of fused-ring (bicyclic) bond motifs is 1. The summed E-state index contributed by atoms with van der Waals surface area (Å²) in [5, 5.41) is 9.82. The van der Waals surface area contributed by atoms with Crippen molar-refractivity contribution >= 4 is 22.6 Å². The number of phenolic OH excluding ortho intramolecular Hbond substituents is 1. The van der Waals surface area contributed by atoms with E-state index in [4.69, 9.17) is 11.5 Å². The van der Waals surface area contributed by atoms with Crippen LogP contribution < -0.4 is 17.0 Å². The zero-order valence-electron chi connectivity index (χ0n) is 15.9. The van der Waals surface area contributed by atoms with Gasteiger partial charge in [-0.25, -0.2) is 0 Å². The van der Waals surface area contributed by atoms with Crippen molar-refractivity contribution in [3.63, 3.8) is 0 Å². The van der Waals surface area contributed by atoms with Crippen LogP contribution in [0.1, 0.15) is 34.1 Å². The second-order valence-corrected chi connectivity index (χ2v) is 6.67. The number of hydrogen-bond acceptors (Lipinski definition) is 4. The lowest BCUT2D eigenvalue weighted by Crippen LogP contribution is -2.28. The van der Waals surface area contributed by atoms with E-state index in [1.165, 1.54) is 17.6 Å². The molecule has 0 saturated heterocycles. The zero-order chi connectivity index (χ0) is 21.8. The van der Waals surface area contributed by atoms with Crippen molar-refractivity contribution < 1.29 is 23.1 Å². The fraction of sp³-hybridized carbons (Fsp3) is 0.263. The van der Waals surface area contributed by atoms with Crippen molar-refractivity contribution in [3.05, 3.63) is 50.9 Å². The Hall–Kier alpha value is -3.43. The first-order valence-corrected chi connectivity index (χ1v) is 8.66. The average molecular weight is 408 g/mol. The number of alkyl halides is 3. The first-order chi connectivity index (χ1) is 13.4. The van der Waals surface area contributed by atoms with Gasteiger partial charge >= 0.3 is 6.18 Å². The van der Waals surface area contributed by atoms with Crippen LogP contribution >= 0.6 is 0 Å². The van der Waals surface area contributed by atoms with E-state index < -0.39 is 23.3 Å². The minimum Gasteiger partial charge on any atom is -0.508 e. The standard InChI is InChI=1S/C19H19F3N4O3/c1-4-25-12(19(20,21)22)7-10-13(17(24)28)16(23)26(15(10)18(25)29)14-8(2)5-6-11(27)9(14)3/h5-7,27H,4,23H2,1-3H3,(H2,24,28). The number of primary amides is 1. The number of carbonyl (C=O) groups excluding carboxylic acids is 1. The van der Waals surface area contributed by atoms with E-state index in [1.807, 2.05) is 0 Å². The molecule has 1 aromatic carbocycles. The topological polar surface area (TPSA) is 116 Å². The number of nitrogens with zero attached hydrogens (tertiary/aromatic N) is 2. The molecule has 0 aliphatic heterocycles. The van der Waals surface area contributed by atoms with Gasteiger partial charge in [-0.15, -0.1) is 0 Å². The number of rotatable bonds is 3. The van der Waals surface area contributed by atoms with Crippen LogP contribution in [-0.4, -0.2) is 20.1 Å². The summed E-state index contributed by atoms with van der Waals surface area (Å²) in [6.45, 7) is 4.40. The molecule has 0 atom stereocenters. The fourth-order valence-electron chi connectivity index (χ4n) is 3.62. The van der Waals surface area contributed by atoms with Crippen LogP contribution in [0.2, 0.25) is 0 Å². The molecule has 0 radical (unpaired) electrons. The van der Waals surface area contributed by atoms with Gasteiger partial charge in [0.25, 0.3) is 11.5 Å². The van der Waals surface area contributed by atoms with Crippen LogP contribution in [0.15, 0.2) is 23.0 Å². The van der Waals surface area contributed by atoms with Gasteiger partial charge in [0, 0.05) is 17.5 Å². The fourth-order valence-corrected chi connectivity index (χ4v) is 3.62. The Kier molecular flexibility index (Phi) is 4.60. The number of aryl methyl sites for hydroxylation is 1. The Morgan fingerprint density at radius 3 is 2.38 bits per heavy atom. The van der Waals surface area contributed by atoms with Crippen molar-refractivity contribution in [1.82, 2.24) is 9.13 Å². The van der Waals surface area contributed by atoms with Crippen LogP contribution in [0.25, 0.3) is 16.6 Å². The molecule has 0 fully saturated rings. The number of nitrogen functional groups attached to an aromatic ring is 1. The highest BCUT2D eigenvalue weighted by Gasteiger charge is 2.37. The second-order valence-electron chi connectivity index (χ2n) is 6.67. The predicted octanol–water partition coefficient (Wildman–Crippen LogP) is 2.83. The summed E-state index contributed by atoms with van der Waals surface area (Å²) in [5.74, 6) is -1.44. The summed E-state index contributed by atoms with van der Waals surface area (Å²) in [6.07, 6.45) is -4.83. The lowest BCUT2D eigenvalue weighted by atomic mass is 10.1. The summed E-state index contributed by atoms with van der Waals surface area (Å²) in [4.78, 5) is 25.1. The van der Waals surface area contributed by atoms with Gasteiger partial charge < -0.3 is 21.1 Å². The van der Waals surface area contributed by atoms with Crippen LogP contribution in [0.3, 0.4) is 0 Å². The lowest BCUT2D eigenvalue weighted by Gasteiger charge is -2.17. The number of nitrogens with two attached hydrogens (primary N) is 2. The highest BCUT2D eigenvalue weighted by molar-refractivity contribution is 6.11. The van der Waals surface area contributed by atoms with Gasteiger partial charge in [-0.05, 0) is 38.5 Å². The molecule has 3 aromatic rings. The molecule has 7 nitrogen and oxygen atoms in total. The van der Waals surface area contributed by atoms with Crippen molar-refractivity contribution in [2.45, 2.75) is 33.5 Å². The molecule has 3 rings (SSSR count). The molecule has 154 valence electrons. The number of pyridine rings is 1. The molecule has 10 heteroatoms. The summed E-state index contributed by atoms with van der Waals surface area (Å²) >= 11 is 0. The first-order valence-electron chi connectivity index (χ1n) is 8.66. The Labute approximate surface area is 163 Å². The molecule has 2 heterocycles. The van der Waals surface area contributed by atoms with Crippen molar-refractivity contribution in [1.29, 1.82) is 0 Å². The number of anilines is 1. The molecule has 29 heavy (non-hydrogen) atoms. The van der Waals surface area contributed by atoms with Crippen molar-refractivity contribution in [3.8, 4) is 11.4 Å². The van der Waals surface area contributed by atoms with Gasteiger partial charge in [0.2, 0.25) is 0 Å². The number of halogens is 3. The van der Waals surface area contributed by atoms with E-state index in [1.54, 1.807) is 19.9 Å². The summed E-state index contributed by atoms with van der Waals surface area (Å²) in [7, 11) is 0.